The Bertz CT molecular complexity index is 3140. The predicted molar refractivity (Wildman–Crippen MR) is 241 cm³/mol. The topological polar surface area (TPSA) is 4.93 Å². The van der Waals surface area contributed by atoms with Crippen LogP contribution in [0.1, 0.15) is 0 Å². The van der Waals surface area contributed by atoms with E-state index in [2.05, 4.69) is 217 Å². The zero-order valence-electron chi connectivity index (χ0n) is 31.4. The average Bonchev–Trinajstić information content (AvgIpc) is 3.75. The fourth-order valence-electron chi connectivity index (χ4n) is 9.04. The quantitative estimate of drug-likeness (QED) is 0.166. The number of benzene rings is 9. The molecule has 0 fully saturated rings. The lowest BCUT2D eigenvalue weighted by Gasteiger charge is -2.28. The molecular weight excluding hydrogens is 695 g/mol. The van der Waals surface area contributed by atoms with Gasteiger partial charge in [0.15, 0.2) is 0 Å². The van der Waals surface area contributed by atoms with E-state index in [0.29, 0.717) is 0 Å². The van der Waals surface area contributed by atoms with Gasteiger partial charge in [-0.05, 0) is 114 Å². The largest absolute Gasteiger partial charge is 0.316 e. The van der Waals surface area contributed by atoms with E-state index in [1.54, 1.807) is 0 Å². The second-order valence-electron chi connectivity index (χ2n) is 15.4. The van der Waals surface area contributed by atoms with E-state index in [9.17, 15) is 0 Å². The molecule has 0 spiro atoms. The van der Waals surface area contributed by atoms with Crippen molar-refractivity contribution in [2.45, 2.75) is 9.79 Å². The summed E-state index contributed by atoms with van der Waals surface area (Å²) < 4.78 is 2.41. The SMILES string of the molecule is CS1(C)c2ccccc2-c2ccc(-n3cc(-c4ccc(-c5cccc6ccccc56)cc4)c4cc(-c5ccc(-c6cccc7ccccc67)cc5)ccc43)cc21. The Hall–Kier alpha value is -6.61. The van der Waals surface area contributed by atoms with E-state index in [-0.39, 0.29) is 0 Å². The minimum absolute atomic E-state index is 1.13. The molecule has 0 radical (unpaired) electrons. The molecule has 266 valence electrons. The molecule has 0 amide bonds. The Kier molecular flexibility index (Phi) is 7.45. The third-order valence-electron chi connectivity index (χ3n) is 11.9. The van der Waals surface area contributed by atoms with Crippen LogP contribution in [-0.4, -0.2) is 17.1 Å². The normalized spacial score (nSPS) is 13.5. The van der Waals surface area contributed by atoms with Crippen molar-refractivity contribution in [3.63, 3.8) is 0 Å². The molecular formula is C54H39NS. The summed E-state index contributed by atoms with van der Waals surface area (Å²) in [5.74, 6) is 0. The molecule has 9 aromatic carbocycles. The van der Waals surface area contributed by atoms with Crippen molar-refractivity contribution >= 4 is 42.5 Å². The first-order valence-corrected chi connectivity index (χ1v) is 21.8. The number of rotatable bonds is 5. The van der Waals surface area contributed by atoms with Crippen LogP contribution in [-0.2, 0) is 0 Å². The van der Waals surface area contributed by atoms with Crippen molar-refractivity contribution in [2.75, 3.05) is 12.5 Å². The lowest BCUT2D eigenvalue weighted by Crippen LogP contribution is -1.96. The summed E-state index contributed by atoms with van der Waals surface area (Å²) in [5.41, 5.74) is 15.0. The van der Waals surface area contributed by atoms with Gasteiger partial charge in [0.25, 0.3) is 0 Å². The molecule has 0 saturated heterocycles. The zero-order valence-corrected chi connectivity index (χ0v) is 32.2. The first-order chi connectivity index (χ1) is 27.5. The lowest BCUT2D eigenvalue weighted by molar-refractivity contribution is 1.12. The first-order valence-electron chi connectivity index (χ1n) is 19.3. The van der Waals surface area contributed by atoms with E-state index >= 15 is 0 Å². The van der Waals surface area contributed by atoms with Gasteiger partial charge in [0.1, 0.15) is 0 Å². The summed E-state index contributed by atoms with van der Waals surface area (Å²) in [7, 11) is -1.13. The van der Waals surface area contributed by atoms with Gasteiger partial charge < -0.3 is 4.57 Å². The summed E-state index contributed by atoms with van der Waals surface area (Å²) in [4.78, 5) is 2.94. The third-order valence-corrected chi connectivity index (χ3v) is 14.8. The van der Waals surface area contributed by atoms with Crippen molar-refractivity contribution < 1.29 is 0 Å². The van der Waals surface area contributed by atoms with Crippen LogP contribution in [0.2, 0.25) is 0 Å². The van der Waals surface area contributed by atoms with Gasteiger partial charge >= 0.3 is 0 Å². The molecule has 0 N–H and O–H groups in total. The highest BCUT2D eigenvalue weighted by atomic mass is 32.3. The maximum absolute atomic E-state index is 2.46. The molecule has 0 unspecified atom stereocenters. The molecule has 10 aromatic rings. The number of hydrogen-bond acceptors (Lipinski definition) is 0. The van der Waals surface area contributed by atoms with Crippen LogP contribution in [0.5, 0.6) is 0 Å². The number of aromatic nitrogens is 1. The monoisotopic (exact) mass is 733 g/mol. The van der Waals surface area contributed by atoms with Crippen LogP contribution in [0.15, 0.2) is 210 Å². The second kappa shape index (κ2) is 12.7. The average molecular weight is 734 g/mol. The highest BCUT2D eigenvalue weighted by Crippen LogP contribution is 2.67. The Morgan fingerprint density at radius 1 is 0.339 bits per heavy atom. The van der Waals surface area contributed by atoms with Crippen LogP contribution in [0.4, 0.5) is 0 Å². The Morgan fingerprint density at radius 2 is 0.839 bits per heavy atom. The van der Waals surface area contributed by atoms with Crippen molar-refractivity contribution in [2.24, 2.45) is 0 Å². The molecule has 1 nitrogen and oxygen atoms in total. The molecule has 0 bridgehead atoms. The molecule has 2 heterocycles. The van der Waals surface area contributed by atoms with Gasteiger partial charge in [-0.1, -0.05) is 164 Å². The molecule has 0 saturated carbocycles. The van der Waals surface area contributed by atoms with Crippen LogP contribution < -0.4 is 0 Å². The second-order valence-corrected chi connectivity index (χ2v) is 18.9. The third kappa shape index (κ3) is 5.17. The Morgan fingerprint density at radius 3 is 1.50 bits per heavy atom. The summed E-state index contributed by atoms with van der Waals surface area (Å²) in [5, 5.41) is 6.33. The smallest absolute Gasteiger partial charge is 0.0535 e. The van der Waals surface area contributed by atoms with Gasteiger partial charge in [0.05, 0.1) is 5.52 Å². The fourth-order valence-corrected chi connectivity index (χ4v) is 11.6. The highest BCUT2D eigenvalue weighted by molar-refractivity contribution is 8.33. The molecule has 1 aromatic heterocycles. The molecule has 1 aliphatic heterocycles. The number of nitrogens with zero attached hydrogens (tertiary/aromatic N) is 1. The van der Waals surface area contributed by atoms with Gasteiger partial charge in [-0.15, -0.1) is 0 Å². The molecule has 11 rings (SSSR count). The van der Waals surface area contributed by atoms with Gasteiger partial charge in [-0.2, -0.15) is 10.0 Å². The highest BCUT2D eigenvalue weighted by Gasteiger charge is 2.31. The Balaban J connectivity index is 1.04. The summed E-state index contributed by atoms with van der Waals surface area (Å²) in [6.45, 7) is 0. The van der Waals surface area contributed by atoms with Crippen LogP contribution in [0.3, 0.4) is 0 Å². The number of hydrogen-bond donors (Lipinski definition) is 0. The maximum atomic E-state index is 2.46. The van der Waals surface area contributed by atoms with Gasteiger partial charge in [0.2, 0.25) is 0 Å². The van der Waals surface area contributed by atoms with E-state index in [0.717, 1.165) is 0 Å². The fraction of sp³-hybridized carbons (Fsp3) is 0.0370. The standard InChI is InChI=1S/C54H39NS/c1-56(2)53-20-8-7-17-48(53)49-31-30-43(34-54(49)56)55-35-51(41-27-25-40(26-28-41)47-19-10-14-38-12-4-6-16-45(38)47)50-33-42(29-32-52(50)55)36-21-23-39(24-22-36)46-18-9-13-37-11-3-5-15-44(37)46/h3-35H,1-2H3. The van der Waals surface area contributed by atoms with E-state index < -0.39 is 10.0 Å². The van der Waals surface area contributed by atoms with Crippen molar-refractivity contribution in [1.29, 1.82) is 0 Å². The Labute approximate surface area is 329 Å². The molecule has 0 aliphatic carbocycles. The summed E-state index contributed by atoms with van der Waals surface area (Å²) in [6, 6.07) is 71.8. The molecule has 2 heteroatoms. The van der Waals surface area contributed by atoms with E-state index in [1.807, 2.05) is 0 Å². The maximum Gasteiger partial charge on any atom is 0.0535 e. The van der Waals surface area contributed by atoms with Crippen LogP contribution in [0, 0.1) is 0 Å². The van der Waals surface area contributed by atoms with E-state index in [4.69, 9.17) is 0 Å². The summed E-state index contributed by atoms with van der Waals surface area (Å²) >= 11 is 0. The summed E-state index contributed by atoms with van der Waals surface area (Å²) in [6.07, 6.45) is 7.24. The first kappa shape index (κ1) is 32.8. The molecule has 56 heavy (non-hydrogen) atoms. The van der Waals surface area contributed by atoms with Gasteiger partial charge in [0, 0.05) is 32.6 Å². The number of fused-ring (bicyclic) bond motifs is 6. The zero-order chi connectivity index (χ0) is 37.4. The van der Waals surface area contributed by atoms with Crippen LogP contribution in [0.25, 0.3) is 93.8 Å². The van der Waals surface area contributed by atoms with Crippen molar-refractivity contribution in [3.8, 4) is 61.3 Å². The van der Waals surface area contributed by atoms with Crippen molar-refractivity contribution in [1.82, 2.24) is 4.57 Å². The van der Waals surface area contributed by atoms with Gasteiger partial charge in [-0.25, -0.2) is 0 Å². The minimum atomic E-state index is -1.13. The van der Waals surface area contributed by atoms with Gasteiger partial charge in [-0.3, -0.25) is 0 Å². The molecule has 0 atom stereocenters. The minimum Gasteiger partial charge on any atom is -0.316 e. The molecule has 1 aliphatic rings. The predicted octanol–water partition coefficient (Wildman–Crippen LogP) is 15.1. The van der Waals surface area contributed by atoms with Crippen molar-refractivity contribution in [3.05, 3.63) is 200 Å². The lowest BCUT2D eigenvalue weighted by atomic mass is 9.94. The van der Waals surface area contributed by atoms with Crippen LogP contribution >= 0.6 is 10.0 Å². The van der Waals surface area contributed by atoms with E-state index in [1.165, 1.54) is 104 Å².